The summed E-state index contributed by atoms with van der Waals surface area (Å²) in [4.78, 5) is 18.8. The Labute approximate surface area is 215 Å². The first-order valence-electron chi connectivity index (χ1n) is 13.1. The van der Waals surface area contributed by atoms with Gasteiger partial charge in [-0.3, -0.25) is 9.88 Å². The molecule has 4 saturated heterocycles. The maximum absolute atomic E-state index is 16.1. The fourth-order valence-electron chi connectivity index (χ4n) is 6.80. The molecule has 0 saturated carbocycles. The summed E-state index contributed by atoms with van der Waals surface area (Å²) in [7, 11) is 0. The number of rotatable bonds is 5. The minimum Gasteiger partial charge on any atom is -0.461 e. The van der Waals surface area contributed by atoms with Crippen molar-refractivity contribution < 1.29 is 9.13 Å². The summed E-state index contributed by atoms with van der Waals surface area (Å²) in [5.74, 6) is 0.214. The first-order chi connectivity index (χ1) is 17.6. The van der Waals surface area contributed by atoms with Crippen LogP contribution in [0.2, 0.25) is 5.02 Å². The summed E-state index contributed by atoms with van der Waals surface area (Å²) >= 11 is 6.39. The van der Waals surface area contributed by atoms with Crippen LogP contribution in [0.1, 0.15) is 38.5 Å². The van der Waals surface area contributed by atoms with Crippen LogP contribution < -0.4 is 15.0 Å². The average Bonchev–Trinajstić information content (AvgIpc) is 3.57. The third-order valence-electron chi connectivity index (χ3n) is 8.57. The van der Waals surface area contributed by atoms with Crippen LogP contribution in [0.25, 0.3) is 22.2 Å². The van der Waals surface area contributed by atoms with Gasteiger partial charge in [0.05, 0.1) is 15.9 Å². The van der Waals surface area contributed by atoms with E-state index in [1.807, 2.05) is 12.1 Å². The van der Waals surface area contributed by atoms with Crippen molar-refractivity contribution >= 4 is 28.3 Å². The van der Waals surface area contributed by atoms with Crippen molar-refractivity contribution in [1.29, 1.82) is 0 Å². The van der Waals surface area contributed by atoms with E-state index in [-0.39, 0.29) is 22.8 Å². The number of aromatic nitrogens is 3. The molecule has 188 valence electrons. The van der Waals surface area contributed by atoms with Crippen LogP contribution >= 0.6 is 11.6 Å². The van der Waals surface area contributed by atoms with Gasteiger partial charge in [0.25, 0.3) is 0 Å². The van der Waals surface area contributed by atoms with Gasteiger partial charge in [-0.2, -0.15) is 9.97 Å². The third kappa shape index (κ3) is 3.73. The quantitative estimate of drug-likeness (QED) is 0.546. The molecule has 2 atom stereocenters. The number of fused-ring (bicyclic) bond motifs is 4. The Morgan fingerprint density at radius 3 is 2.58 bits per heavy atom. The number of nitrogens with one attached hydrogen (secondary N) is 1. The maximum atomic E-state index is 16.1. The molecule has 7 rings (SSSR count). The zero-order chi connectivity index (χ0) is 24.3. The number of benzene rings is 1. The lowest BCUT2D eigenvalue weighted by molar-refractivity contribution is 0.108. The molecule has 3 aromatic rings. The van der Waals surface area contributed by atoms with Gasteiger partial charge in [0.2, 0.25) is 0 Å². The molecule has 4 aliphatic heterocycles. The minimum atomic E-state index is -0.492. The van der Waals surface area contributed by atoms with Crippen LogP contribution in [-0.4, -0.2) is 70.3 Å². The molecule has 2 aromatic heterocycles. The summed E-state index contributed by atoms with van der Waals surface area (Å²) in [6.45, 7) is 4.44. The second kappa shape index (κ2) is 8.78. The zero-order valence-electron chi connectivity index (χ0n) is 20.2. The van der Waals surface area contributed by atoms with E-state index in [1.54, 1.807) is 18.3 Å². The Morgan fingerprint density at radius 2 is 1.83 bits per heavy atom. The molecule has 0 radical (unpaired) electrons. The van der Waals surface area contributed by atoms with Gasteiger partial charge in [-0.1, -0.05) is 29.8 Å². The van der Waals surface area contributed by atoms with E-state index in [2.05, 4.69) is 25.1 Å². The number of piperazine rings is 1. The summed E-state index contributed by atoms with van der Waals surface area (Å²) < 4.78 is 22.4. The SMILES string of the molecule is Fc1c(-c2ccccc2Cl)ncc2c(N3C[C@H]4CC[C@@H](C3)N4)nc(OCC34CCCN3CCC4)nc12. The molecule has 0 amide bonds. The summed E-state index contributed by atoms with van der Waals surface area (Å²) in [5.41, 5.74) is 1.04. The lowest BCUT2D eigenvalue weighted by Crippen LogP contribution is -2.51. The second-order valence-electron chi connectivity index (χ2n) is 10.7. The highest BCUT2D eigenvalue weighted by Gasteiger charge is 2.45. The molecular weight excluding hydrogens is 479 g/mol. The van der Waals surface area contributed by atoms with Crippen molar-refractivity contribution in [3.63, 3.8) is 0 Å². The van der Waals surface area contributed by atoms with Crippen LogP contribution in [0.15, 0.2) is 30.5 Å². The van der Waals surface area contributed by atoms with Crippen molar-refractivity contribution in [3.8, 4) is 17.3 Å². The molecule has 36 heavy (non-hydrogen) atoms. The molecule has 4 aliphatic rings. The number of hydrogen-bond donors (Lipinski definition) is 1. The van der Waals surface area contributed by atoms with Gasteiger partial charge < -0.3 is 15.0 Å². The van der Waals surface area contributed by atoms with Gasteiger partial charge in [0, 0.05) is 36.9 Å². The Morgan fingerprint density at radius 1 is 1.08 bits per heavy atom. The van der Waals surface area contributed by atoms with Crippen LogP contribution in [0.5, 0.6) is 6.01 Å². The first-order valence-corrected chi connectivity index (χ1v) is 13.5. The van der Waals surface area contributed by atoms with Gasteiger partial charge >= 0.3 is 6.01 Å². The fraction of sp³-hybridized carbons (Fsp3) is 0.519. The fourth-order valence-corrected chi connectivity index (χ4v) is 7.02. The molecule has 0 unspecified atom stereocenters. The Balaban J connectivity index is 1.31. The van der Waals surface area contributed by atoms with Crippen LogP contribution in [0.4, 0.5) is 10.2 Å². The smallest absolute Gasteiger partial charge is 0.319 e. The molecule has 1 aromatic carbocycles. The molecule has 1 N–H and O–H groups in total. The predicted octanol–water partition coefficient (Wildman–Crippen LogP) is 4.43. The van der Waals surface area contributed by atoms with E-state index >= 15 is 4.39 Å². The molecule has 2 bridgehead atoms. The highest BCUT2D eigenvalue weighted by atomic mass is 35.5. The van der Waals surface area contributed by atoms with Crippen LogP contribution in [-0.2, 0) is 0 Å². The number of ether oxygens (including phenoxy) is 1. The summed E-state index contributed by atoms with van der Waals surface area (Å²) in [6, 6.07) is 8.26. The minimum absolute atomic E-state index is 0.0617. The maximum Gasteiger partial charge on any atom is 0.319 e. The van der Waals surface area contributed by atoms with Crippen LogP contribution in [0, 0.1) is 5.82 Å². The standard InChI is InChI=1S/C27H30ClFN6O/c28-21-6-2-1-5-19(21)23-22(29)24-20(13-30-23)25(34-14-17-7-8-18(15-34)31-17)33-26(32-24)36-16-27-9-3-11-35(27)12-4-10-27/h1-2,5-6,13,17-18,31H,3-4,7-12,14-16H2/t17-,18+. The molecular formula is C27H30ClFN6O. The average molecular weight is 509 g/mol. The van der Waals surface area contributed by atoms with E-state index < -0.39 is 5.82 Å². The summed E-state index contributed by atoms with van der Waals surface area (Å²) in [5, 5.41) is 4.72. The highest BCUT2D eigenvalue weighted by Crippen LogP contribution is 2.40. The van der Waals surface area contributed by atoms with E-state index in [4.69, 9.17) is 21.3 Å². The highest BCUT2D eigenvalue weighted by molar-refractivity contribution is 6.33. The molecule has 0 aliphatic carbocycles. The van der Waals surface area contributed by atoms with Crippen molar-refractivity contribution in [2.24, 2.45) is 0 Å². The molecule has 0 spiro atoms. The van der Waals surface area contributed by atoms with Gasteiger partial charge in [-0.15, -0.1) is 0 Å². The van der Waals surface area contributed by atoms with Crippen molar-refractivity contribution in [3.05, 3.63) is 41.3 Å². The largest absolute Gasteiger partial charge is 0.461 e. The number of anilines is 1. The van der Waals surface area contributed by atoms with Crippen molar-refractivity contribution in [2.75, 3.05) is 37.7 Å². The van der Waals surface area contributed by atoms with Gasteiger partial charge in [0.1, 0.15) is 23.6 Å². The molecule has 7 nitrogen and oxygen atoms in total. The topological polar surface area (TPSA) is 66.4 Å². The van der Waals surface area contributed by atoms with Crippen LogP contribution in [0.3, 0.4) is 0 Å². The van der Waals surface area contributed by atoms with E-state index in [9.17, 15) is 0 Å². The number of halogens is 2. The number of hydrogen-bond acceptors (Lipinski definition) is 7. The van der Waals surface area contributed by atoms with Gasteiger partial charge in [-0.25, -0.2) is 4.39 Å². The normalized spacial score (nSPS) is 25.0. The molecule has 4 fully saturated rings. The lowest BCUT2D eigenvalue weighted by atomic mass is 9.95. The third-order valence-corrected chi connectivity index (χ3v) is 8.90. The lowest BCUT2D eigenvalue weighted by Gasteiger charge is -2.34. The number of nitrogens with zero attached hydrogens (tertiary/aromatic N) is 5. The molecule has 9 heteroatoms. The van der Waals surface area contributed by atoms with Crippen molar-refractivity contribution in [2.45, 2.75) is 56.1 Å². The van der Waals surface area contributed by atoms with E-state index in [1.165, 1.54) is 12.8 Å². The van der Waals surface area contributed by atoms with E-state index in [0.29, 0.717) is 40.5 Å². The molecule has 6 heterocycles. The summed E-state index contributed by atoms with van der Waals surface area (Å²) in [6.07, 6.45) is 8.63. The second-order valence-corrected chi connectivity index (χ2v) is 11.1. The van der Waals surface area contributed by atoms with Gasteiger partial charge in [-0.05, 0) is 57.7 Å². The Bertz CT molecular complexity index is 1300. The number of pyridine rings is 1. The van der Waals surface area contributed by atoms with E-state index in [0.717, 1.165) is 51.9 Å². The predicted molar refractivity (Wildman–Crippen MR) is 138 cm³/mol. The Kier molecular flexibility index (Phi) is 5.52. The van der Waals surface area contributed by atoms with Gasteiger partial charge in [0.15, 0.2) is 5.82 Å². The Hall–Kier alpha value is -2.55. The monoisotopic (exact) mass is 508 g/mol. The first kappa shape index (κ1) is 22.6. The van der Waals surface area contributed by atoms with Crippen molar-refractivity contribution in [1.82, 2.24) is 25.2 Å². The zero-order valence-corrected chi connectivity index (χ0v) is 21.0.